The summed E-state index contributed by atoms with van der Waals surface area (Å²) in [6.45, 7) is 4.09. The van der Waals surface area contributed by atoms with Crippen LogP contribution in [0.2, 0.25) is 0 Å². The SMILES string of the molecule is Cc1cc(CN2CCO[C@H]3[C@H](Oc4ncccc4F)CC[C@@H]32)no1. The predicted octanol–water partition coefficient (Wildman–Crippen LogP) is 2.33. The summed E-state index contributed by atoms with van der Waals surface area (Å²) in [5.74, 6) is 0.427. The van der Waals surface area contributed by atoms with Crippen molar-refractivity contribution in [2.24, 2.45) is 0 Å². The van der Waals surface area contributed by atoms with Crippen molar-refractivity contribution in [1.29, 1.82) is 0 Å². The molecule has 4 rings (SSSR count). The van der Waals surface area contributed by atoms with E-state index in [1.54, 1.807) is 6.07 Å². The first-order chi connectivity index (χ1) is 11.7. The number of morpholine rings is 1. The summed E-state index contributed by atoms with van der Waals surface area (Å²) in [6.07, 6.45) is 3.04. The molecule has 7 heteroatoms. The minimum atomic E-state index is -0.438. The van der Waals surface area contributed by atoms with Crippen molar-refractivity contribution in [1.82, 2.24) is 15.0 Å². The van der Waals surface area contributed by atoms with E-state index in [-0.39, 0.29) is 24.1 Å². The third-order valence-electron chi connectivity index (χ3n) is 4.68. The largest absolute Gasteiger partial charge is 0.469 e. The van der Waals surface area contributed by atoms with E-state index in [0.29, 0.717) is 6.61 Å². The standard InChI is InChI=1S/C17H20FN3O3/c1-11-9-12(20-24-11)10-21-7-8-22-16-14(21)4-5-15(16)23-17-13(18)3-2-6-19-17/h2-3,6,9,14-16H,4-5,7-8,10H2,1H3/t14-,15+,16+/m0/s1. The number of fused-ring (bicyclic) bond motifs is 1. The van der Waals surface area contributed by atoms with Crippen LogP contribution in [-0.2, 0) is 11.3 Å². The number of aryl methyl sites for hydroxylation is 1. The molecule has 6 nitrogen and oxygen atoms in total. The van der Waals surface area contributed by atoms with Gasteiger partial charge in [-0.15, -0.1) is 0 Å². The van der Waals surface area contributed by atoms with Gasteiger partial charge in [0.15, 0.2) is 5.82 Å². The maximum Gasteiger partial charge on any atom is 0.250 e. The molecule has 1 saturated heterocycles. The lowest BCUT2D eigenvalue weighted by atomic mass is 10.1. The number of ether oxygens (including phenoxy) is 2. The lowest BCUT2D eigenvalue weighted by molar-refractivity contribution is -0.0931. The molecule has 3 heterocycles. The van der Waals surface area contributed by atoms with Crippen LogP contribution < -0.4 is 4.74 Å². The van der Waals surface area contributed by atoms with Gasteiger partial charge in [0.05, 0.1) is 12.3 Å². The van der Waals surface area contributed by atoms with Crippen LogP contribution >= 0.6 is 0 Å². The Hall–Kier alpha value is -1.99. The molecule has 0 spiro atoms. The van der Waals surface area contributed by atoms with Crippen LogP contribution in [0, 0.1) is 12.7 Å². The molecule has 24 heavy (non-hydrogen) atoms. The van der Waals surface area contributed by atoms with Gasteiger partial charge in [-0.3, -0.25) is 4.90 Å². The normalized spacial score (nSPS) is 27.2. The number of rotatable bonds is 4. The topological polar surface area (TPSA) is 60.6 Å². The zero-order valence-corrected chi connectivity index (χ0v) is 13.5. The van der Waals surface area contributed by atoms with E-state index in [4.69, 9.17) is 14.0 Å². The maximum absolute atomic E-state index is 13.8. The molecule has 0 amide bonds. The van der Waals surface area contributed by atoms with Gasteiger partial charge in [-0.25, -0.2) is 9.37 Å². The summed E-state index contributed by atoms with van der Waals surface area (Å²) in [6, 6.07) is 5.11. The quantitative estimate of drug-likeness (QED) is 0.856. The second-order valence-corrected chi connectivity index (χ2v) is 6.33. The van der Waals surface area contributed by atoms with Crippen LogP contribution in [-0.4, -0.2) is 46.4 Å². The first kappa shape index (κ1) is 15.5. The van der Waals surface area contributed by atoms with E-state index in [9.17, 15) is 4.39 Å². The van der Waals surface area contributed by atoms with Gasteiger partial charge in [0, 0.05) is 31.4 Å². The Balaban J connectivity index is 1.45. The van der Waals surface area contributed by atoms with Gasteiger partial charge in [0.25, 0.3) is 5.88 Å². The lowest BCUT2D eigenvalue weighted by Crippen LogP contribution is -2.51. The van der Waals surface area contributed by atoms with Crippen molar-refractivity contribution in [2.75, 3.05) is 13.2 Å². The molecule has 2 aromatic heterocycles. The van der Waals surface area contributed by atoms with Gasteiger partial charge in [-0.2, -0.15) is 0 Å². The summed E-state index contributed by atoms with van der Waals surface area (Å²) in [4.78, 5) is 6.33. The molecule has 1 aliphatic carbocycles. The molecule has 128 valence electrons. The summed E-state index contributed by atoms with van der Waals surface area (Å²) in [5.41, 5.74) is 0.924. The lowest BCUT2D eigenvalue weighted by Gasteiger charge is -2.38. The van der Waals surface area contributed by atoms with E-state index < -0.39 is 5.82 Å². The van der Waals surface area contributed by atoms with E-state index in [2.05, 4.69) is 15.0 Å². The Kier molecular flexibility index (Phi) is 4.20. The van der Waals surface area contributed by atoms with Crippen molar-refractivity contribution in [2.45, 2.75) is 44.6 Å². The van der Waals surface area contributed by atoms with E-state index in [1.165, 1.54) is 12.3 Å². The molecule has 0 bridgehead atoms. The van der Waals surface area contributed by atoms with Gasteiger partial charge in [-0.1, -0.05) is 5.16 Å². The monoisotopic (exact) mass is 333 g/mol. The molecule has 0 radical (unpaired) electrons. The molecule has 2 aromatic rings. The summed E-state index contributed by atoms with van der Waals surface area (Å²) in [5, 5.41) is 4.07. The van der Waals surface area contributed by atoms with Gasteiger partial charge < -0.3 is 14.0 Å². The van der Waals surface area contributed by atoms with Crippen molar-refractivity contribution >= 4 is 0 Å². The van der Waals surface area contributed by atoms with Crippen LogP contribution in [0.15, 0.2) is 28.9 Å². The average molecular weight is 333 g/mol. The van der Waals surface area contributed by atoms with Crippen molar-refractivity contribution in [3.8, 4) is 5.88 Å². The molecule has 1 saturated carbocycles. The Morgan fingerprint density at radius 3 is 3.12 bits per heavy atom. The molecular weight excluding hydrogens is 313 g/mol. The highest BCUT2D eigenvalue weighted by molar-refractivity contribution is 5.14. The third kappa shape index (κ3) is 3.01. The molecule has 3 atom stereocenters. The van der Waals surface area contributed by atoms with Crippen molar-refractivity contribution in [3.05, 3.63) is 41.7 Å². The van der Waals surface area contributed by atoms with Crippen LogP contribution in [0.4, 0.5) is 4.39 Å². The van der Waals surface area contributed by atoms with E-state index in [1.807, 2.05) is 13.0 Å². The molecule has 2 aliphatic rings. The highest BCUT2D eigenvalue weighted by Gasteiger charge is 2.44. The highest BCUT2D eigenvalue weighted by atomic mass is 19.1. The fourth-order valence-electron chi connectivity index (χ4n) is 3.62. The molecule has 2 fully saturated rings. The molecule has 1 aliphatic heterocycles. The van der Waals surface area contributed by atoms with Gasteiger partial charge >= 0.3 is 0 Å². The molecule has 0 unspecified atom stereocenters. The van der Waals surface area contributed by atoms with E-state index >= 15 is 0 Å². The fourth-order valence-corrected chi connectivity index (χ4v) is 3.62. The summed E-state index contributed by atoms with van der Waals surface area (Å²) >= 11 is 0. The van der Waals surface area contributed by atoms with Gasteiger partial charge in [0.1, 0.15) is 18.0 Å². The number of nitrogens with zero attached hydrogens (tertiary/aromatic N) is 3. The zero-order chi connectivity index (χ0) is 16.5. The number of hydrogen-bond acceptors (Lipinski definition) is 6. The minimum absolute atomic E-state index is 0.0519. The number of aromatic nitrogens is 2. The highest BCUT2D eigenvalue weighted by Crippen LogP contribution is 2.33. The van der Waals surface area contributed by atoms with Crippen LogP contribution in [0.3, 0.4) is 0 Å². The average Bonchev–Trinajstić information content (AvgIpc) is 3.17. The molecular formula is C17H20FN3O3. The molecule has 0 N–H and O–H groups in total. The summed E-state index contributed by atoms with van der Waals surface area (Å²) < 4.78 is 30.7. The fraction of sp³-hybridized carbons (Fsp3) is 0.529. The van der Waals surface area contributed by atoms with E-state index in [0.717, 1.165) is 37.4 Å². The maximum atomic E-state index is 13.8. The Bertz CT molecular complexity index is 708. The van der Waals surface area contributed by atoms with Crippen LogP contribution in [0.1, 0.15) is 24.3 Å². The third-order valence-corrected chi connectivity index (χ3v) is 4.68. The first-order valence-electron chi connectivity index (χ1n) is 8.26. The van der Waals surface area contributed by atoms with Gasteiger partial charge in [0.2, 0.25) is 0 Å². The van der Waals surface area contributed by atoms with Crippen molar-refractivity contribution < 1.29 is 18.4 Å². The Labute approximate surface area is 139 Å². The van der Waals surface area contributed by atoms with Crippen LogP contribution in [0.25, 0.3) is 0 Å². The Morgan fingerprint density at radius 2 is 2.33 bits per heavy atom. The predicted molar refractivity (Wildman–Crippen MR) is 83.0 cm³/mol. The number of halogens is 1. The zero-order valence-electron chi connectivity index (χ0n) is 13.5. The smallest absolute Gasteiger partial charge is 0.250 e. The second kappa shape index (κ2) is 6.49. The van der Waals surface area contributed by atoms with Crippen molar-refractivity contribution in [3.63, 3.8) is 0 Å². The minimum Gasteiger partial charge on any atom is -0.469 e. The second-order valence-electron chi connectivity index (χ2n) is 6.33. The number of pyridine rings is 1. The number of hydrogen-bond donors (Lipinski definition) is 0. The first-order valence-corrected chi connectivity index (χ1v) is 8.26. The van der Waals surface area contributed by atoms with Gasteiger partial charge in [-0.05, 0) is 31.9 Å². The summed E-state index contributed by atoms with van der Waals surface area (Å²) in [7, 11) is 0. The van der Waals surface area contributed by atoms with Crippen LogP contribution in [0.5, 0.6) is 5.88 Å². The Morgan fingerprint density at radius 1 is 1.42 bits per heavy atom. The molecule has 0 aromatic carbocycles.